The molecule has 3 nitrogen and oxygen atoms in total. The molecule has 6 heteroatoms. The number of hydrogen-bond donors (Lipinski definition) is 2. The summed E-state index contributed by atoms with van der Waals surface area (Å²) in [6.45, 7) is 2.33. The summed E-state index contributed by atoms with van der Waals surface area (Å²) in [6.07, 6.45) is 0. The molecule has 0 fully saturated rings. The molecular formula is C15H13Cl2FN2O. The Bertz CT molecular complexity index is 656. The van der Waals surface area contributed by atoms with Gasteiger partial charge in [-0.15, -0.1) is 0 Å². The van der Waals surface area contributed by atoms with Gasteiger partial charge in [-0.1, -0.05) is 29.3 Å². The summed E-state index contributed by atoms with van der Waals surface area (Å²) < 4.78 is 13.8. The van der Waals surface area contributed by atoms with Crippen molar-refractivity contribution in [3.63, 3.8) is 0 Å². The molecule has 2 aromatic carbocycles. The van der Waals surface area contributed by atoms with E-state index in [2.05, 4.69) is 10.6 Å². The first-order valence-corrected chi connectivity index (χ1v) is 7.06. The molecule has 0 spiro atoms. The molecule has 0 saturated carbocycles. The highest BCUT2D eigenvalue weighted by atomic mass is 35.5. The van der Waals surface area contributed by atoms with Crippen molar-refractivity contribution in [3.8, 4) is 0 Å². The molecule has 0 atom stereocenters. The number of carbonyl (C=O) groups excluding carboxylic acids is 1. The highest BCUT2D eigenvalue weighted by Gasteiger charge is 2.15. The minimum Gasteiger partial charge on any atom is -0.382 e. The Morgan fingerprint density at radius 1 is 1.19 bits per heavy atom. The lowest BCUT2D eigenvalue weighted by atomic mass is 10.1. The van der Waals surface area contributed by atoms with Gasteiger partial charge in [0.2, 0.25) is 0 Å². The van der Waals surface area contributed by atoms with Crippen LogP contribution in [0.15, 0.2) is 36.4 Å². The zero-order valence-electron chi connectivity index (χ0n) is 11.2. The molecule has 2 N–H and O–H groups in total. The maximum Gasteiger partial charge on any atom is 0.257 e. The van der Waals surface area contributed by atoms with Gasteiger partial charge in [0.25, 0.3) is 5.91 Å². The van der Waals surface area contributed by atoms with Gasteiger partial charge in [0.1, 0.15) is 5.82 Å². The first-order valence-electron chi connectivity index (χ1n) is 6.31. The van der Waals surface area contributed by atoms with Gasteiger partial charge < -0.3 is 10.6 Å². The van der Waals surface area contributed by atoms with E-state index >= 15 is 0 Å². The molecule has 0 saturated heterocycles. The zero-order chi connectivity index (χ0) is 15.4. The smallest absolute Gasteiger partial charge is 0.257 e. The molecule has 0 aliphatic rings. The maximum absolute atomic E-state index is 13.8. The van der Waals surface area contributed by atoms with Crippen LogP contribution in [0.5, 0.6) is 0 Å². The first kappa shape index (κ1) is 15.6. The van der Waals surface area contributed by atoms with Crippen LogP contribution in [0.3, 0.4) is 0 Å². The summed E-state index contributed by atoms with van der Waals surface area (Å²) in [4.78, 5) is 12.3. The molecule has 110 valence electrons. The van der Waals surface area contributed by atoms with Crippen LogP contribution in [0.25, 0.3) is 0 Å². The van der Waals surface area contributed by atoms with E-state index in [-0.39, 0.29) is 11.3 Å². The Morgan fingerprint density at radius 3 is 2.48 bits per heavy atom. The van der Waals surface area contributed by atoms with Crippen LogP contribution in [-0.4, -0.2) is 12.5 Å². The van der Waals surface area contributed by atoms with Crippen LogP contribution in [0, 0.1) is 5.82 Å². The van der Waals surface area contributed by atoms with Crippen molar-refractivity contribution in [2.75, 3.05) is 17.2 Å². The molecular weight excluding hydrogens is 314 g/mol. The second-order valence-electron chi connectivity index (χ2n) is 4.30. The lowest BCUT2D eigenvalue weighted by molar-refractivity contribution is 0.102. The van der Waals surface area contributed by atoms with Crippen molar-refractivity contribution in [2.45, 2.75) is 6.92 Å². The minimum atomic E-state index is -0.478. The fourth-order valence-electron chi connectivity index (χ4n) is 1.89. The summed E-state index contributed by atoms with van der Waals surface area (Å²) >= 11 is 11.8. The number of anilines is 2. The van der Waals surface area contributed by atoms with Crippen LogP contribution in [-0.2, 0) is 0 Å². The third-order valence-electron chi connectivity index (χ3n) is 2.73. The predicted octanol–water partition coefficient (Wildman–Crippen LogP) is 4.82. The zero-order valence-corrected chi connectivity index (χ0v) is 12.7. The third kappa shape index (κ3) is 3.86. The van der Waals surface area contributed by atoms with E-state index < -0.39 is 11.7 Å². The van der Waals surface area contributed by atoms with Gasteiger partial charge in [-0.2, -0.15) is 0 Å². The summed E-state index contributed by atoms with van der Waals surface area (Å²) in [5.41, 5.74) is 0.836. The van der Waals surface area contributed by atoms with E-state index in [9.17, 15) is 9.18 Å². The van der Waals surface area contributed by atoms with Crippen LogP contribution >= 0.6 is 23.2 Å². The highest BCUT2D eigenvalue weighted by molar-refractivity contribution is 6.35. The summed E-state index contributed by atoms with van der Waals surface area (Å²) in [7, 11) is 0. The lowest BCUT2D eigenvalue weighted by Crippen LogP contribution is -2.15. The Morgan fingerprint density at radius 2 is 1.86 bits per heavy atom. The molecule has 0 unspecified atom stereocenters. The topological polar surface area (TPSA) is 41.1 Å². The van der Waals surface area contributed by atoms with Crippen LogP contribution in [0.2, 0.25) is 10.0 Å². The quantitative estimate of drug-likeness (QED) is 0.845. The second kappa shape index (κ2) is 6.78. The molecule has 21 heavy (non-hydrogen) atoms. The van der Waals surface area contributed by atoms with Crippen molar-refractivity contribution < 1.29 is 9.18 Å². The second-order valence-corrected chi connectivity index (χ2v) is 5.18. The number of carbonyl (C=O) groups is 1. The van der Waals surface area contributed by atoms with Crippen LogP contribution in [0.1, 0.15) is 17.3 Å². The number of benzene rings is 2. The number of hydrogen-bond acceptors (Lipinski definition) is 2. The monoisotopic (exact) mass is 326 g/mol. The van der Waals surface area contributed by atoms with Crippen molar-refractivity contribution in [1.82, 2.24) is 0 Å². The van der Waals surface area contributed by atoms with E-state index in [1.54, 1.807) is 24.3 Å². The van der Waals surface area contributed by atoms with Crippen molar-refractivity contribution in [1.29, 1.82) is 0 Å². The minimum absolute atomic E-state index is 0.172. The summed E-state index contributed by atoms with van der Waals surface area (Å²) in [6, 6.07) is 9.02. The van der Waals surface area contributed by atoms with E-state index in [1.165, 1.54) is 12.1 Å². The molecule has 0 radical (unpaired) electrons. The number of para-hydroxylation sites is 1. The Kier molecular flexibility index (Phi) is 5.04. The average molecular weight is 327 g/mol. The third-order valence-corrected chi connectivity index (χ3v) is 3.17. The SMILES string of the molecule is CCNc1c(F)cccc1C(=O)Nc1cc(Cl)cc(Cl)c1. The van der Waals surface area contributed by atoms with Gasteiger partial charge >= 0.3 is 0 Å². The molecule has 0 bridgehead atoms. The van der Waals surface area contributed by atoms with Gasteiger partial charge in [0, 0.05) is 22.3 Å². The number of rotatable bonds is 4. The van der Waals surface area contributed by atoms with E-state index in [0.717, 1.165) is 0 Å². The van der Waals surface area contributed by atoms with Crippen LogP contribution in [0.4, 0.5) is 15.8 Å². The maximum atomic E-state index is 13.8. The average Bonchev–Trinajstić information content (AvgIpc) is 2.40. The highest BCUT2D eigenvalue weighted by Crippen LogP contribution is 2.25. The Balaban J connectivity index is 2.30. The predicted molar refractivity (Wildman–Crippen MR) is 85.0 cm³/mol. The molecule has 0 aliphatic heterocycles. The lowest BCUT2D eigenvalue weighted by Gasteiger charge is -2.12. The molecule has 0 aliphatic carbocycles. The largest absolute Gasteiger partial charge is 0.382 e. The van der Waals surface area contributed by atoms with E-state index in [1.807, 2.05) is 6.92 Å². The van der Waals surface area contributed by atoms with Crippen molar-refractivity contribution in [2.24, 2.45) is 0 Å². The van der Waals surface area contributed by atoms with Crippen molar-refractivity contribution in [3.05, 3.63) is 57.8 Å². The molecule has 0 heterocycles. The standard InChI is InChI=1S/C15H13Cl2FN2O/c1-2-19-14-12(4-3-5-13(14)18)15(21)20-11-7-9(16)6-10(17)8-11/h3-8,19H,2H2,1H3,(H,20,21). The fraction of sp³-hybridized carbons (Fsp3) is 0.133. The Hall–Kier alpha value is -1.78. The molecule has 0 aromatic heterocycles. The molecule has 2 aromatic rings. The van der Waals surface area contributed by atoms with E-state index in [0.29, 0.717) is 22.3 Å². The molecule has 1 amide bonds. The fourth-order valence-corrected chi connectivity index (χ4v) is 2.42. The van der Waals surface area contributed by atoms with Gasteiger partial charge in [0.15, 0.2) is 0 Å². The number of nitrogens with one attached hydrogen (secondary N) is 2. The summed E-state index contributed by atoms with van der Waals surface area (Å²) in [5, 5.41) is 6.31. The summed E-state index contributed by atoms with van der Waals surface area (Å²) in [5.74, 6) is -0.919. The Labute approximate surface area is 132 Å². The van der Waals surface area contributed by atoms with Gasteiger partial charge in [-0.25, -0.2) is 4.39 Å². The number of amides is 1. The van der Waals surface area contributed by atoms with Crippen molar-refractivity contribution >= 4 is 40.5 Å². The normalized spacial score (nSPS) is 10.3. The van der Waals surface area contributed by atoms with Crippen LogP contribution < -0.4 is 10.6 Å². The molecule has 2 rings (SSSR count). The van der Waals surface area contributed by atoms with E-state index in [4.69, 9.17) is 23.2 Å². The first-order chi connectivity index (χ1) is 10.0. The van der Waals surface area contributed by atoms with Gasteiger partial charge in [-0.3, -0.25) is 4.79 Å². The number of halogens is 3. The van der Waals surface area contributed by atoms with Gasteiger partial charge in [-0.05, 0) is 37.3 Å². The van der Waals surface area contributed by atoms with Gasteiger partial charge in [0.05, 0.1) is 11.3 Å².